The smallest absolute Gasteiger partial charge is 0.303 e. The Morgan fingerprint density at radius 2 is 1.62 bits per heavy atom. The van der Waals surface area contributed by atoms with E-state index < -0.39 is 12.0 Å². The molecular formula is C16H32N2O3. The SMILES string of the molecule is CCC(C)C(N)C(=O)NCC(CC(=O)O)C(C)C(C)CC. The van der Waals surface area contributed by atoms with Crippen molar-refractivity contribution in [2.24, 2.45) is 29.4 Å². The fraction of sp³-hybridized carbons (Fsp3) is 0.875. The van der Waals surface area contributed by atoms with Gasteiger partial charge in [-0.1, -0.05) is 47.5 Å². The molecule has 5 heteroatoms. The molecule has 4 N–H and O–H groups in total. The van der Waals surface area contributed by atoms with Crippen molar-refractivity contribution in [2.75, 3.05) is 6.54 Å². The molecule has 0 saturated carbocycles. The molecule has 0 rings (SSSR count). The molecule has 0 aromatic heterocycles. The average Bonchev–Trinajstić information content (AvgIpc) is 2.47. The number of nitrogens with one attached hydrogen (secondary N) is 1. The number of aliphatic carboxylic acids is 1. The minimum atomic E-state index is -0.823. The summed E-state index contributed by atoms with van der Waals surface area (Å²) in [6, 6.07) is -0.528. The fourth-order valence-corrected chi connectivity index (χ4v) is 2.37. The van der Waals surface area contributed by atoms with E-state index in [0.717, 1.165) is 12.8 Å². The van der Waals surface area contributed by atoms with Crippen molar-refractivity contribution in [3.05, 3.63) is 0 Å². The minimum absolute atomic E-state index is 0.0643. The molecule has 0 bridgehead atoms. The average molecular weight is 300 g/mol. The molecule has 124 valence electrons. The summed E-state index contributed by atoms with van der Waals surface area (Å²) in [6.07, 6.45) is 1.92. The number of carbonyl (C=O) groups excluding carboxylic acids is 1. The van der Waals surface area contributed by atoms with Crippen LogP contribution in [-0.4, -0.2) is 29.6 Å². The van der Waals surface area contributed by atoms with Gasteiger partial charge in [0, 0.05) is 6.54 Å². The van der Waals surface area contributed by atoms with Gasteiger partial charge in [-0.05, 0) is 23.7 Å². The van der Waals surface area contributed by atoms with E-state index in [1.54, 1.807) is 0 Å². The monoisotopic (exact) mass is 300 g/mol. The highest BCUT2D eigenvalue weighted by Gasteiger charge is 2.26. The van der Waals surface area contributed by atoms with E-state index in [-0.39, 0.29) is 30.1 Å². The number of carboxylic acid groups (broad SMARTS) is 1. The van der Waals surface area contributed by atoms with Crippen LogP contribution in [0.2, 0.25) is 0 Å². The Bertz CT molecular complexity index is 333. The first kappa shape index (κ1) is 19.9. The third kappa shape index (κ3) is 6.93. The highest BCUT2D eigenvalue weighted by molar-refractivity contribution is 5.81. The normalized spacial score (nSPS) is 18.4. The molecule has 5 unspecified atom stereocenters. The van der Waals surface area contributed by atoms with Gasteiger partial charge in [0.25, 0.3) is 0 Å². The summed E-state index contributed by atoms with van der Waals surface area (Å²) in [6.45, 7) is 10.6. The zero-order valence-corrected chi connectivity index (χ0v) is 14.1. The van der Waals surface area contributed by atoms with Crippen LogP contribution in [0.1, 0.15) is 53.9 Å². The Kier molecular flexibility index (Phi) is 9.26. The summed E-state index contributed by atoms with van der Waals surface area (Å²) in [5.41, 5.74) is 5.89. The molecule has 0 saturated heterocycles. The number of amides is 1. The van der Waals surface area contributed by atoms with Crippen LogP contribution >= 0.6 is 0 Å². The summed E-state index contributed by atoms with van der Waals surface area (Å²) >= 11 is 0. The molecule has 0 heterocycles. The fourth-order valence-electron chi connectivity index (χ4n) is 2.37. The zero-order chi connectivity index (χ0) is 16.6. The van der Waals surface area contributed by atoms with E-state index in [9.17, 15) is 9.59 Å². The van der Waals surface area contributed by atoms with Crippen molar-refractivity contribution in [3.8, 4) is 0 Å². The second-order valence-corrected chi connectivity index (χ2v) is 6.26. The molecule has 5 nitrogen and oxygen atoms in total. The lowest BCUT2D eigenvalue weighted by Crippen LogP contribution is -2.46. The quantitative estimate of drug-likeness (QED) is 0.577. The van der Waals surface area contributed by atoms with E-state index in [1.807, 2.05) is 13.8 Å². The van der Waals surface area contributed by atoms with Gasteiger partial charge in [-0.3, -0.25) is 9.59 Å². The summed E-state index contributed by atoms with van der Waals surface area (Å²) in [5.74, 6) is -0.284. The van der Waals surface area contributed by atoms with Crippen LogP contribution in [0.4, 0.5) is 0 Å². The molecule has 5 atom stereocenters. The molecule has 0 radical (unpaired) electrons. The molecule has 1 amide bonds. The molecule has 0 aromatic carbocycles. The Labute approximate surface area is 128 Å². The van der Waals surface area contributed by atoms with Crippen LogP contribution in [0.3, 0.4) is 0 Å². The molecule has 0 aliphatic rings. The van der Waals surface area contributed by atoms with Gasteiger partial charge in [0.2, 0.25) is 5.91 Å². The van der Waals surface area contributed by atoms with Gasteiger partial charge in [0.15, 0.2) is 0 Å². The summed E-state index contributed by atoms with van der Waals surface area (Å²) < 4.78 is 0. The molecule has 0 spiro atoms. The number of rotatable bonds is 10. The topological polar surface area (TPSA) is 92.4 Å². The van der Waals surface area contributed by atoms with Crippen molar-refractivity contribution in [1.29, 1.82) is 0 Å². The number of nitrogens with two attached hydrogens (primary N) is 1. The first-order chi connectivity index (χ1) is 9.74. The predicted molar refractivity (Wildman–Crippen MR) is 84.8 cm³/mol. The standard InChI is InChI=1S/C16H32N2O3/c1-6-10(3)12(5)13(8-14(19)20)9-18-16(21)15(17)11(4)7-2/h10-13,15H,6-9,17H2,1-5H3,(H,18,21)(H,19,20). The third-order valence-electron chi connectivity index (χ3n) is 4.82. The first-order valence-electron chi connectivity index (χ1n) is 7.99. The van der Waals surface area contributed by atoms with Gasteiger partial charge in [0.05, 0.1) is 12.5 Å². The number of carbonyl (C=O) groups is 2. The van der Waals surface area contributed by atoms with Crippen LogP contribution in [0.15, 0.2) is 0 Å². The zero-order valence-electron chi connectivity index (χ0n) is 14.1. The lowest BCUT2D eigenvalue weighted by Gasteiger charge is -2.28. The Morgan fingerprint density at radius 1 is 1.10 bits per heavy atom. The van der Waals surface area contributed by atoms with Gasteiger partial charge < -0.3 is 16.2 Å². The second-order valence-electron chi connectivity index (χ2n) is 6.26. The Morgan fingerprint density at radius 3 is 2.05 bits per heavy atom. The van der Waals surface area contributed by atoms with Gasteiger partial charge in [-0.15, -0.1) is 0 Å². The van der Waals surface area contributed by atoms with Crippen molar-refractivity contribution in [1.82, 2.24) is 5.32 Å². The minimum Gasteiger partial charge on any atom is -0.481 e. The highest BCUT2D eigenvalue weighted by atomic mass is 16.4. The van der Waals surface area contributed by atoms with E-state index in [2.05, 4.69) is 26.1 Å². The van der Waals surface area contributed by atoms with E-state index in [4.69, 9.17) is 10.8 Å². The van der Waals surface area contributed by atoms with Crippen LogP contribution in [-0.2, 0) is 9.59 Å². The molecule has 0 aliphatic carbocycles. The highest BCUT2D eigenvalue weighted by Crippen LogP contribution is 2.25. The van der Waals surface area contributed by atoms with Crippen LogP contribution in [0.25, 0.3) is 0 Å². The summed E-state index contributed by atoms with van der Waals surface area (Å²) in [7, 11) is 0. The van der Waals surface area contributed by atoms with E-state index in [0.29, 0.717) is 12.5 Å². The van der Waals surface area contributed by atoms with Gasteiger partial charge in [-0.2, -0.15) is 0 Å². The van der Waals surface area contributed by atoms with Crippen molar-refractivity contribution < 1.29 is 14.7 Å². The molecule has 0 fully saturated rings. The summed E-state index contributed by atoms with van der Waals surface area (Å²) in [4.78, 5) is 23.0. The first-order valence-corrected chi connectivity index (χ1v) is 7.99. The maximum Gasteiger partial charge on any atom is 0.303 e. The Balaban J connectivity index is 4.61. The lowest BCUT2D eigenvalue weighted by molar-refractivity contribution is -0.139. The van der Waals surface area contributed by atoms with Crippen LogP contribution in [0.5, 0.6) is 0 Å². The molecule has 0 aliphatic heterocycles. The van der Waals surface area contributed by atoms with E-state index in [1.165, 1.54) is 0 Å². The van der Waals surface area contributed by atoms with Crippen molar-refractivity contribution >= 4 is 11.9 Å². The lowest BCUT2D eigenvalue weighted by atomic mass is 9.80. The largest absolute Gasteiger partial charge is 0.481 e. The van der Waals surface area contributed by atoms with Crippen molar-refractivity contribution in [2.45, 2.75) is 59.9 Å². The second kappa shape index (κ2) is 9.77. The van der Waals surface area contributed by atoms with E-state index >= 15 is 0 Å². The van der Waals surface area contributed by atoms with Gasteiger partial charge in [0.1, 0.15) is 0 Å². The maximum atomic E-state index is 12.0. The predicted octanol–water partition coefficient (Wildman–Crippen LogP) is 2.25. The Hall–Kier alpha value is -1.10. The van der Waals surface area contributed by atoms with Crippen LogP contribution < -0.4 is 11.1 Å². The van der Waals surface area contributed by atoms with Crippen molar-refractivity contribution in [3.63, 3.8) is 0 Å². The summed E-state index contributed by atoms with van der Waals surface area (Å²) in [5, 5.41) is 11.9. The molecular weight excluding hydrogens is 268 g/mol. The van der Waals surface area contributed by atoms with Gasteiger partial charge >= 0.3 is 5.97 Å². The maximum absolute atomic E-state index is 12.0. The molecule has 0 aromatic rings. The number of carboxylic acids is 1. The van der Waals surface area contributed by atoms with Crippen LogP contribution in [0, 0.1) is 23.7 Å². The van der Waals surface area contributed by atoms with Gasteiger partial charge in [-0.25, -0.2) is 0 Å². The number of hydrogen-bond donors (Lipinski definition) is 3. The number of hydrogen-bond acceptors (Lipinski definition) is 3. The molecule has 21 heavy (non-hydrogen) atoms. The third-order valence-corrected chi connectivity index (χ3v) is 4.82.